The summed E-state index contributed by atoms with van der Waals surface area (Å²) in [7, 11) is 4.01. The Hall–Kier alpha value is -4.51. The average Bonchev–Trinajstić information content (AvgIpc) is 2.92. The van der Waals surface area contributed by atoms with Crippen molar-refractivity contribution in [1.29, 1.82) is 0 Å². The summed E-state index contributed by atoms with van der Waals surface area (Å²) in [5.74, 6) is -4.32. The Bertz CT molecular complexity index is 1310. The Morgan fingerprint density at radius 2 is 1.38 bits per heavy atom. The van der Waals surface area contributed by atoms with Crippen molar-refractivity contribution in [2.45, 2.75) is 12.5 Å². The van der Waals surface area contributed by atoms with Gasteiger partial charge in [0.2, 0.25) is 0 Å². The molecule has 0 heterocycles. The first-order valence-electron chi connectivity index (χ1n) is 11.8. The fraction of sp³-hybridized carbons (Fsp3) is 0.207. The highest BCUT2D eigenvalue weighted by molar-refractivity contribution is 5.99. The van der Waals surface area contributed by atoms with E-state index in [9.17, 15) is 31.9 Å². The van der Waals surface area contributed by atoms with E-state index in [1.165, 1.54) is 32.4 Å². The lowest BCUT2D eigenvalue weighted by Crippen LogP contribution is -2.36. The van der Waals surface area contributed by atoms with Crippen molar-refractivity contribution in [3.8, 4) is 0 Å². The van der Waals surface area contributed by atoms with Crippen molar-refractivity contribution >= 4 is 23.8 Å². The van der Waals surface area contributed by atoms with Crippen LogP contribution in [-0.4, -0.2) is 51.6 Å². The molecule has 0 aliphatic heterocycles. The molecule has 0 aliphatic rings. The molecule has 2 N–H and O–H groups in total. The standard InChI is InChI=1S/C18H15F2NO3.C11H13F2NO2/c1-24-18(23)16(9-12-7-14(19)10-15(20)8-12)21-11-17(22)13-5-3-2-4-6-13;1-14-10(11(15)16-2)5-7-3-8(12)6-9(13)4-7/h2-10,21H,11H2,1H3;3-4,6,10,14H,5H2,1-2H3/b16-9-;/t;10-/m.0/s1. The lowest BCUT2D eigenvalue weighted by Gasteiger charge is -2.13. The Morgan fingerprint density at radius 1 is 0.825 bits per heavy atom. The van der Waals surface area contributed by atoms with Crippen LogP contribution >= 0.6 is 0 Å². The fourth-order valence-corrected chi connectivity index (χ4v) is 3.43. The van der Waals surface area contributed by atoms with Crippen molar-refractivity contribution < 1.29 is 41.4 Å². The Labute approximate surface area is 228 Å². The molecular formula is C29H28F4N2O5. The van der Waals surface area contributed by atoms with Gasteiger partial charge in [-0.05, 0) is 54.9 Å². The van der Waals surface area contributed by atoms with Gasteiger partial charge < -0.3 is 20.1 Å². The number of carbonyl (C=O) groups excluding carboxylic acids is 3. The fourth-order valence-electron chi connectivity index (χ4n) is 3.43. The lowest BCUT2D eigenvalue weighted by molar-refractivity contribution is -0.143. The first-order valence-corrected chi connectivity index (χ1v) is 11.8. The molecule has 0 unspecified atom stereocenters. The zero-order valence-electron chi connectivity index (χ0n) is 22.0. The summed E-state index contributed by atoms with van der Waals surface area (Å²) < 4.78 is 61.4. The minimum atomic E-state index is -0.772. The third-order valence-corrected chi connectivity index (χ3v) is 5.33. The van der Waals surface area contributed by atoms with Gasteiger partial charge in [0.15, 0.2) is 5.78 Å². The third kappa shape index (κ3) is 10.3. The van der Waals surface area contributed by atoms with Gasteiger partial charge in [-0.15, -0.1) is 0 Å². The number of esters is 2. The molecule has 0 spiro atoms. The van der Waals surface area contributed by atoms with Gasteiger partial charge in [-0.3, -0.25) is 9.59 Å². The van der Waals surface area contributed by atoms with Gasteiger partial charge in [-0.2, -0.15) is 0 Å². The van der Waals surface area contributed by atoms with E-state index in [1.54, 1.807) is 37.4 Å². The van der Waals surface area contributed by atoms with E-state index in [4.69, 9.17) is 0 Å². The van der Waals surface area contributed by atoms with Crippen LogP contribution in [0, 0.1) is 23.3 Å². The van der Waals surface area contributed by atoms with Gasteiger partial charge in [-0.1, -0.05) is 30.3 Å². The molecule has 11 heteroatoms. The molecule has 0 aromatic heterocycles. The summed E-state index contributed by atoms with van der Waals surface area (Å²) in [6, 6.07) is 13.9. The summed E-state index contributed by atoms with van der Waals surface area (Å²) in [6.45, 7) is -0.164. The maximum Gasteiger partial charge on any atom is 0.354 e. The van der Waals surface area contributed by atoms with Crippen LogP contribution in [0.3, 0.4) is 0 Å². The number of hydrogen-bond acceptors (Lipinski definition) is 7. The van der Waals surface area contributed by atoms with Gasteiger partial charge in [0.05, 0.1) is 20.8 Å². The van der Waals surface area contributed by atoms with Crippen LogP contribution in [0.15, 0.2) is 72.4 Å². The maximum absolute atomic E-state index is 13.2. The van der Waals surface area contributed by atoms with Crippen LogP contribution in [0.2, 0.25) is 0 Å². The minimum absolute atomic E-state index is 0.0771. The van der Waals surface area contributed by atoms with Gasteiger partial charge in [-0.25, -0.2) is 22.4 Å². The summed E-state index contributed by atoms with van der Waals surface area (Å²) in [5.41, 5.74) is 0.938. The quantitative estimate of drug-likeness (QED) is 0.166. The van der Waals surface area contributed by atoms with Crippen LogP contribution in [0.1, 0.15) is 21.5 Å². The average molecular weight is 561 g/mol. The number of methoxy groups -OCH3 is 2. The third-order valence-electron chi connectivity index (χ3n) is 5.33. The highest BCUT2D eigenvalue weighted by Crippen LogP contribution is 2.13. The van der Waals surface area contributed by atoms with Gasteiger partial charge in [0.25, 0.3) is 0 Å². The highest BCUT2D eigenvalue weighted by Gasteiger charge is 2.18. The zero-order chi connectivity index (χ0) is 29.7. The first kappa shape index (κ1) is 31.7. The number of carbonyl (C=O) groups is 3. The van der Waals surface area contributed by atoms with Gasteiger partial charge >= 0.3 is 11.9 Å². The first-order chi connectivity index (χ1) is 19.1. The number of hydrogen-bond donors (Lipinski definition) is 2. The number of Topliss-reactive ketones (excluding diaryl/α,β-unsaturated/α-hetero) is 1. The predicted octanol–water partition coefficient (Wildman–Crippen LogP) is 4.22. The molecule has 3 aromatic carbocycles. The van der Waals surface area contributed by atoms with Crippen LogP contribution < -0.4 is 10.6 Å². The van der Waals surface area contributed by atoms with Crippen molar-refractivity contribution in [3.05, 3.63) is 112 Å². The largest absolute Gasteiger partial charge is 0.468 e. The molecule has 7 nitrogen and oxygen atoms in total. The van der Waals surface area contributed by atoms with Crippen LogP contribution in [0.5, 0.6) is 0 Å². The van der Waals surface area contributed by atoms with Crippen molar-refractivity contribution in [2.75, 3.05) is 27.8 Å². The smallest absolute Gasteiger partial charge is 0.354 e. The van der Waals surface area contributed by atoms with E-state index in [-0.39, 0.29) is 30.0 Å². The van der Waals surface area contributed by atoms with E-state index < -0.39 is 41.2 Å². The number of halogens is 4. The zero-order valence-corrected chi connectivity index (χ0v) is 22.0. The molecule has 0 amide bonds. The van der Waals surface area contributed by atoms with Crippen molar-refractivity contribution in [3.63, 3.8) is 0 Å². The number of ether oxygens (including phenoxy) is 2. The van der Waals surface area contributed by atoms with Crippen LogP contribution in [0.4, 0.5) is 17.6 Å². The molecule has 0 aliphatic carbocycles. The molecule has 3 rings (SSSR count). The maximum atomic E-state index is 13.2. The van der Waals surface area contributed by atoms with E-state index in [1.807, 2.05) is 0 Å². The molecule has 0 saturated carbocycles. The minimum Gasteiger partial charge on any atom is -0.468 e. The Morgan fingerprint density at radius 3 is 1.88 bits per heavy atom. The van der Waals surface area contributed by atoms with E-state index in [2.05, 4.69) is 20.1 Å². The van der Waals surface area contributed by atoms with Gasteiger partial charge in [0, 0.05) is 17.7 Å². The molecule has 3 aromatic rings. The van der Waals surface area contributed by atoms with E-state index in [0.717, 1.165) is 24.3 Å². The number of rotatable bonds is 10. The molecule has 0 fully saturated rings. The van der Waals surface area contributed by atoms with Crippen LogP contribution in [0.25, 0.3) is 6.08 Å². The molecule has 0 bridgehead atoms. The summed E-state index contributed by atoms with van der Waals surface area (Å²) >= 11 is 0. The van der Waals surface area contributed by atoms with Crippen molar-refractivity contribution in [1.82, 2.24) is 10.6 Å². The van der Waals surface area contributed by atoms with Crippen molar-refractivity contribution in [2.24, 2.45) is 0 Å². The van der Waals surface area contributed by atoms with Crippen LogP contribution in [-0.2, 0) is 25.5 Å². The number of likely N-dealkylation sites (N-methyl/N-ethyl adjacent to an activating group) is 1. The molecule has 1 atom stereocenters. The molecule has 212 valence electrons. The molecular weight excluding hydrogens is 532 g/mol. The Balaban J connectivity index is 0.000000305. The number of ketones is 1. The van der Waals surface area contributed by atoms with E-state index >= 15 is 0 Å². The SMILES string of the molecule is CN[C@@H](Cc1cc(F)cc(F)c1)C(=O)OC.COC(=O)/C(=C/c1cc(F)cc(F)c1)NCC(=O)c1ccccc1. The second kappa shape index (κ2) is 15.8. The summed E-state index contributed by atoms with van der Waals surface area (Å²) in [5, 5.41) is 5.37. The van der Waals surface area contributed by atoms with Gasteiger partial charge in [0.1, 0.15) is 35.0 Å². The molecule has 0 radical (unpaired) electrons. The predicted molar refractivity (Wildman–Crippen MR) is 140 cm³/mol. The number of benzene rings is 3. The number of nitrogens with one attached hydrogen (secondary N) is 2. The highest BCUT2D eigenvalue weighted by atomic mass is 19.1. The summed E-state index contributed by atoms with van der Waals surface area (Å²) in [6.07, 6.45) is 1.40. The second-order valence-corrected chi connectivity index (χ2v) is 8.24. The monoisotopic (exact) mass is 560 g/mol. The second-order valence-electron chi connectivity index (χ2n) is 8.24. The summed E-state index contributed by atoms with van der Waals surface area (Å²) in [4.78, 5) is 35.1. The molecule has 0 saturated heterocycles. The Kier molecular flexibility index (Phi) is 12.5. The van der Waals surface area contributed by atoms with E-state index in [0.29, 0.717) is 11.1 Å². The normalized spacial score (nSPS) is 11.5. The molecule has 40 heavy (non-hydrogen) atoms. The topological polar surface area (TPSA) is 93.7 Å². The lowest BCUT2D eigenvalue weighted by atomic mass is 10.1.